The molecule has 18 heavy (non-hydrogen) atoms. The molecule has 0 unspecified atom stereocenters. The molecule has 0 saturated heterocycles. The first-order chi connectivity index (χ1) is 8.74. The Bertz CT molecular complexity index is 538. The lowest BCUT2D eigenvalue weighted by molar-refractivity contribution is 0.414. The Morgan fingerprint density at radius 1 is 0.889 bits per heavy atom. The maximum Gasteiger partial charge on any atom is 0.118 e. The molecule has 1 fully saturated rings. The van der Waals surface area contributed by atoms with Crippen LogP contribution in [0.2, 0.25) is 0 Å². The molecular weight excluding hydrogens is 222 g/mol. The fourth-order valence-electron chi connectivity index (χ4n) is 2.58. The lowest BCUT2D eigenvalue weighted by Gasteiger charge is -2.17. The maximum absolute atomic E-state index is 5.75. The van der Waals surface area contributed by atoms with E-state index in [1.807, 2.05) is 24.3 Å². The first-order valence-corrected chi connectivity index (χ1v) is 6.25. The lowest BCUT2D eigenvalue weighted by atomic mass is 9.88. The van der Waals surface area contributed by atoms with Crippen LogP contribution in [0.25, 0.3) is 0 Å². The molecule has 2 N–H and O–H groups in total. The molecule has 0 atom stereocenters. The van der Waals surface area contributed by atoms with Gasteiger partial charge in [-0.3, -0.25) is 0 Å². The molecule has 1 aliphatic carbocycles. The fraction of sp³-hybridized carbons (Fsp3) is 0.250. The van der Waals surface area contributed by atoms with E-state index >= 15 is 0 Å². The second-order valence-electron chi connectivity index (χ2n) is 4.93. The number of methoxy groups -OCH3 is 1. The zero-order valence-electron chi connectivity index (χ0n) is 10.5. The number of nitrogen functional groups attached to an aromatic ring is 1. The molecule has 0 spiro atoms. The summed E-state index contributed by atoms with van der Waals surface area (Å²) in [5.74, 6) is 0.909. The van der Waals surface area contributed by atoms with Gasteiger partial charge in [0.15, 0.2) is 0 Å². The molecule has 0 aliphatic heterocycles. The van der Waals surface area contributed by atoms with Gasteiger partial charge in [-0.2, -0.15) is 0 Å². The van der Waals surface area contributed by atoms with Crippen molar-refractivity contribution in [2.75, 3.05) is 12.8 Å². The summed E-state index contributed by atoms with van der Waals surface area (Å²) in [4.78, 5) is 0. The van der Waals surface area contributed by atoms with E-state index in [4.69, 9.17) is 10.5 Å². The molecule has 2 heteroatoms. The van der Waals surface area contributed by atoms with Gasteiger partial charge in [-0.05, 0) is 48.2 Å². The van der Waals surface area contributed by atoms with Crippen LogP contribution >= 0.6 is 0 Å². The van der Waals surface area contributed by atoms with Crippen molar-refractivity contribution in [3.63, 3.8) is 0 Å². The van der Waals surface area contributed by atoms with Gasteiger partial charge in [0.2, 0.25) is 0 Å². The van der Waals surface area contributed by atoms with Gasteiger partial charge in [-0.25, -0.2) is 0 Å². The summed E-state index contributed by atoms with van der Waals surface area (Å²) in [6.07, 6.45) is 2.42. The summed E-state index contributed by atoms with van der Waals surface area (Å²) in [6.45, 7) is 0. The van der Waals surface area contributed by atoms with Crippen molar-refractivity contribution >= 4 is 5.69 Å². The van der Waals surface area contributed by atoms with Gasteiger partial charge in [-0.1, -0.05) is 24.3 Å². The van der Waals surface area contributed by atoms with Crippen molar-refractivity contribution < 1.29 is 4.74 Å². The number of anilines is 1. The van der Waals surface area contributed by atoms with Crippen LogP contribution in [-0.2, 0) is 5.41 Å². The van der Waals surface area contributed by atoms with Gasteiger partial charge >= 0.3 is 0 Å². The Morgan fingerprint density at radius 3 is 1.83 bits per heavy atom. The molecule has 0 radical (unpaired) electrons. The van der Waals surface area contributed by atoms with Gasteiger partial charge in [0, 0.05) is 11.1 Å². The van der Waals surface area contributed by atoms with Crippen molar-refractivity contribution in [1.82, 2.24) is 0 Å². The largest absolute Gasteiger partial charge is 0.497 e. The van der Waals surface area contributed by atoms with E-state index in [0.717, 1.165) is 11.4 Å². The quantitative estimate of drug-likeness (QED) is 0.833. The molecule has 1 aliphatic rings. The first kappa shape index (κ1) is 11.1. The molecule has 0 bridgehead atoms. The summed E-state index contributed by atoms with van der Waals surface area (Å²) in [5, 5.41) is 0. The van der Waals surface area contributed by atoms with E-state index in [0.29, 0.717) is 0 Å². The van der Waals surface area contributed by atoms with Gasteiger partial charge < -0.3 is 10.5 Å². The molecule has 3 rings (SSSR count). The minimum atomic E-state index is 0.208. The monoisotopic (exact) mass is 239 g/mol. The van der Waals surface area contributed by atoms with Crippen LogP contribution in [0.4, 0.5) is 5.69 Å². The van der Waals surface area contributed by atoms with E-state index < -0.39 is 0 Å². The highest BCUT2D eigenvalue weighted by atomic mass is 16.5. The summed E-state index contributed by atoms with van der Waals surface area (Å²) in [6, 6.07) is 16.7. The number of hydrogen-bond acceptors (Lipinski definition) is 2. The van der Waals surface area contributed by atoms with Crippen molar-refractivity contribution in [2.24, 2.45) is 0 Å². The van der Waals surface area contributed by atoms with E-state index in [-0.39, 0.29) is 5.41 Å². The number of ether oxygens (including phenoxy) is 1. The van der Waals surface area contributed by atoms with Crippen LogP contribution in [0.3, 0.4) is 0 Å². The Balaban J connectivity index is 1.96. The van der Waals surface area contributed by atoms with E-state index in [9.17, 15) is 0 Å². The van der Waals surface area contributed by atoms with Crippen LogP contribution in [0, 0.1) is 0 Å². The zero-order chi connectivity index (χ0) is 12.6. The highest BCUT2D eigenvalue weighted by Gasteiger charge is 2.45. The van der Waals surface area contributed by atoms with Crippen molar-refractivity contribution in [3.8, 4) is 5.75 Å². The third-order valence-corrected chi connectivity index (χ3v) is 3.86. The third kappa shape index (κ3) is 1.74. The van der Waals surface area contributed by atoms with Gasteiger partial charge in [0.1, 0.15) is 5.75 Å². The molecule has 0 amide bonds. The summed E-state index contributed by atoms with van der Waals surface area (Å²) < 4.78 is 5.21. The predicted octanol–water partition coefficient (Wildman–Crippen LogP) is 3.36. The summed E-state index contributed by atoms with van der Waals surface area (Å²) >= 11 is 0. The molecule has 0 heterocycles. The topological polar surface area (TPSA) is 35.2 Å². The molecule has 0 aromatic heterocycles. The Labute approximate surface area is 107 Å². The normalized spacial score (nSPS) is 16.3. The zero-order valence-corrected chi connectivity index (χ0v) is 10.5. The van der Waals surface area contributed by atoms with Crippen LogP contribution in [0.15, 0.2) is 48.5 Å². The van der Waals surface area contributed by atoms with Gasteiger partial charge in [-0.15, -0.1) is 0 Å². The highest BCUT2D eigenvalue weighted by Crippen LogP contribution is 2.53. The fourth-order valence-corrected chi connectivity index (χ4v) is 2.58. The van der Waals surface area contributed by atoms with Gasteiger partial charge in [0.05, 0.1) is 7.11 Å². The lowest BCUT2D eigenvalue weighted by Crippen LogP contribution is -2.08. The minimum Gasteiger partial charge on any atom is -0.497 e. The number of hydrogen-bond donors (Lipinski definition) is 1. The SMILES string of the molecule is COc1ccc(C2(c3ccc(N)cc3)CC2)cc1. The maximum atomic E-state index is 5.75. The second kappa shape index (κ2) is 4.05. The molecule has 2 aromatic rings. The predicted molar refractivity (Wildman–Crippen MR) is 73.9 cm³/mol. The first-order valence-electron chi connectivity index (χ1n) is 6.25. The van der Waals surface area contributed by atoms with Crippen LogP contribution in [0.1, 0.15) is 24.0 Å². The minimum absolute atomic E-state index is 0.208. The summed E-state index contributed by atoms with van der Waals surface area (Å²) in [7, 11) is 1.70. The molecular formula is C16H17NO. The van der Waals surface area contributed by atoms with E-state index in [1.165, 1.54) is 24.0 Å². The molecule has 2 aromatic carbocycles. The Hall–Kier alpha value is -1.96. The van der Waals surface area contributed by atoms with Crippen molar-refractivity contribution in [1.29, 1.82) is 0 Å². The van der Waals surface area contributed by atoms with Crippen LogP contribution < -0.4 is 10.5 Å². The third-order valence-electron chi connectivity index (χ3n) is 3.86. The average molecular weight is 239 g/mol. The summed E-state index contributed by atoms with van der Waals surface area (Å²) in [5.41, 5.74) is 9.51. The number of nitrogens with two attached hydrogens (primary N) is 1. The van der Waals surface area contributed by atoms with Crippen molar-refractivity contribution in [2.45, 2.75) is 18.3 Å². The van der Waals surface area contributed by atoms with Crippen LogP contribution in [-0.4, -0.2) is 7.11 Å². The van der Waals surface area contributed by atoms with Crippen molar-refractivity contribution in [3.05, 3.63) is 59.7 Å². The number of rotatable bonds is 3. The smallest absolute Gasteiger partial charge is 0.118 e. The van der Waals surface area contributed by atoms with E-state index in [2.05, 4.69) is 24.3 Å². The Morgan fingerprint density at radius 2 is 1.39 bits per heavy atom. The standard InChI is InChI=1S/C16H17NO/c1-18-15-8-4-13(5-9-15)16(10-11-16)12-2-6-14(17)7-3-12/h2-9H,10-11,17H2,1H3. The molecule has 1 saturated carbocycles. The van der Waals surface area contributed by atoms with Crippen LogP contribution in [0.5, 0.6) is 5.75 Å². The highest BCUT2D eigenvalue weighted by molar-refractivity contribution is 5.50. The molecule has 92 valence electrons. The van der Waals surface area contributed by atoms with E-state index in [1.54, 1.807) is 7.11 Å². The van der Waals surface area contributed by atoms with Gasteiger partial charge in [0.25, 0.3) is 0 Å². The number of benzene rings is 2. The molecule has 2 nitrogen and oxygen atoms in total. The average Bonchev–Trinajstić information content (AvgIpc) is 3.21. The second-order valence-corrected chi connectivity index (χ2v) is 4.93. The Kier molecular flexibility index (Phi) is 2.51.